The Morgan fingerprint density at radius 2 is 1.56 bits per heavy atom. The molecule has 0 saturated carbocycles. The minimum absolute atomic E-state index is 0.0181. The Labute approximate surface area is 216 Å². The molecule has 1 atom stereocenters. The van der Waals surface area contributed by atoms with Gasteiger partial charge >= 0.3 is 0 Å². The van der Waals surface area contributed by atoms with E-state index < -0.39 is 0 Å². The third-order valence-electron chi connectivity index (χ3n) is 6.23. The van der Waals surface area contributed by atoms with Crippen LogP contribution in [0.25, 0.3) is 6.08 Å². The van der Waals surface area contributed by atoms with Crippen molar-refractivity contribution in [3.05, 3.63) is 122 Å². The molecule has 6 heteroatoms. The van der Waals surface area contributed by atoms with Crippen LogP contribution < -0.4 is 10.6 Å². The van der Waals surface area contributed by atoms with Gasteiger partial charge in [-0.25, -0.2) is 0 Å². The van der Waals surface area contributed by atoms with Gasteiger partial charge in [0.1, 0.15) is 0 Å². The maximum atomic E-state index is 6.17. The Balaban J connectivity index is 1.56. The van der Waals surface area contributed by atoms with Crippen LogP contribution in [0.15, 0.2) is 89.6 Å². The van der Waals surface area contributed by atoms with Crippen molar-refractivity contribution in [2.45, 2.75) is 19.5 Å². The zero-order valence-corrected chi connectivity index (χ0v) is 21.1. The minimum atomic E-state index is -0.0181. The number of hydrogen-bond donors (Lipinski definition) is 2. The molecule has 0 radical (unpaired) electrons. The quantitative estimate of drug-likeness (QED) is 0.387. The van der Waals surface area contributed by atoms with Crippen molar-refractivity contribution in [1.29, 1.82) is 0 Å². The molecular formula is C28H25Cl2N3S. The summed E-state index contributed by atoms with van der Waals surface area (Å²) in [5.74, 6) is 0. The third-order valence-corrected chi connectivity index (χ3v) is 6.96. The molecule has 0 bridgehead atoms. The Kier molecular flexibility index (Phi) is 6.75. The van der Waals surface area contributed by atoms with Crippen LogP contribution >= 0.6 is 35.4 Å². The van der Waals surface area contributed by atoms with Crippen LogP contribution in [-0.2, 0) is 6.54 Å². The summed E-state index contributed by atoms with van der Waals surface area (Å²) in [6.45, 7) is 4.63. The van der Waals surface area contributed by atoms with E-state index >= 15 is 0 Å². The minimum Gasteiger partial charge on any atom is -0.352 e. The fourth-order valence-electron chi connectivity index (χ4n) is 4.55. The molecule has 2 aliphatic rings. The summed E-state index contributed by atoms with van der Waals surface area (Å²) in [6, 6.07) is 24.7. The van der Waals surface area contributed by atoms with Gasteiger partial charge in [-0.2, -0.15) is 0 Å². The van der Waals surface area contributed by atoms with Crippen LogP contribution in [0.1, 0.15) is 28.3 Å². The number of aryl methyl sites for hydroxylation is 1. The van der Waals surface area contributed by atoms with E-state index in [0.717, 1.165) is 46.5 Å². The van der Waals surface area contributed by atoms with Gasteiger partial charge in [0.05, 0.1) is 6.04 Å². The standard InChI is InChI=1S/C28H25Cl2N3S/c1-18-2-4-20(5-3-18)15-33-16-22(14-19-6-10-23(29)11-7-19)27-25(17-33)26(31-28(34)32-27)21-8-12-24(30)13-9-21/h2-14,26H,15-17H2,1H3,(H2,31,32,34)/b22-14+. The molecule has 2 aliphatic heterocycles. The second-order valence-corrected chi connectivity index (χ2v) is 10.1. The molecule has 3 aromatic rings. The summed E-state index contributed by atoms with van der Waals surface area (Å²) >= 11 is 17.9. The molecule has 3 aromatic carbocycles. The van der Waals surface area contributed by atoms with Gasteiger partial charge in [-0.3, -0.25) is 4.90 Å². The van der Waals surface area contributed by atoms with Gasteiger partial charge in [0.2, 0.25) is 0 Å². The highest BCUT2D eigenvalue weighted by molar-refractivity contribution is 7.80. The Morgan fingerprint density at radius 3 is 2.24 bits per heavy atom. The molecule has 5 rings (SSSR count). The maximum absolute atomic E-state index is 6.17. The van der Waals surface area contributed by atoms with Gasteiger partial charge in [-0.1, -0.05) is 77.3 Å². The van der Waals surface area contributed by atoms with Crippen LogP contribution in [0.3, 0.4) is 0 Å². The first-order chi connectivity index (χ1) is 16.4. The van der Waals surface area contributed by atoms with Crippen LogP contribution in [0.2, 0.25) is 10.0 Å². The molecule has 3 nitrogen and oxygen atoms in total. The summed E-state index contributed by atoms with van der Waals surface area (Å²) in [5.41, 5.74) is 8.41. The monoisotopic (exact) mass is 505 g/mol. The molecule has 2 N–H and O–H groups in total. The first kappa shape index (κ1) is 23.1. The van der Waals surface area contributed by atoms with Crippen molar-refractivity contribution in [2.75, 3.05) is 13.1 Å². The fourth-order valence-corrected chi connectivity index (χ4v) is 5.02. The van der Waals surface area contributed by atoms with E-state index in [1.54, 1.807) is 0 Å². The average molecular weight is 507 g/mol. The number of nitrogens with zero attached hydrogens (tertiary/aromatic N) is 1. The van der Waals surface area contributed by atoms with Crippen molar-refractivity contribution >= 4 is 46.6 Å². The summed E-state index contributed by atoms with van der Waals surface area (Å²) in [7, 11) is 0. The molecule has 0 saturated heterocycles. The highest BCUT2D eigenvalue weighted by Crippen LogP contribution is 2.35. The van der Waals surface area contributed by atoms with Crippen molar-refractivity contribution in [2.24, 2.45) is 0 Å². The van der Waals surface area contributed by atoms with Crippen molar-refractivity contribution in [1.82, 2.24) is 15.5 Å². The van der Waals surface area contributed by atoms with Gasteiger partial charge in [0.25, 0.3) is 0 Å². The topological polar surface area (TPSA) is 27.3 Å². The lowest BCUT2D eigenvalue weighted by Gasteiger charge is -2.40. The van der Waals surface area contributed by atoms with Crippen LogP contribution in [0, 0.1) is 6.92 Å². The lowest BCUT2D eigenvalue weighted by atomic mass is 9.88. The second kappa shape index (κ2) is 9.93. The lowest BCUT2D eigenvalue weighted by Crippen LogP contribution is -2.49. The fraction of sp³-hybridized carbons (Fsp3) is 0.179. The van der Waals surface area contributed by atoms with E-state index in [2.05, 4.69) is 64.9 Å². The molecular weight excluding hydrogens is 481 g/mol. The highest BCUT2D eigenvalue weighted by atomic mass is 35.5. The Hall–Kier alpha value is -2.63. The summed E-state index contributed by atoms with van der Waals surface area (Å²) in [5, 5.41) is 9.03. The SMILES string of the molecule is Cc1ccc(CN2CC3=C(NC(=S)NC3c3ccc(Cl)cc3)/C(=C/c3ccc(Cl)cc3)C2)cc1. The van der Waals surface area contributed by atoms with Crippen molar-refractivity contribution < 1.29 is 0 Å². The van der Waals surface area contributed by atoms with Gasteiger partial charge < -0.3 is 10.6 Å². The number of benzene rings is 3. The number of thiocarbonyl (C=S) groups is 1. The Morgan fingerprint density at radius 1 is 0.912 bits per heavy atom. The highest BCUT2D eigenvalue weighted by Gasteiger charge is 2.33. The van der Waals surface area contributed by atoms with Crippen molar-refractivity contribution in [3.8, 4) is 0 Å². The molecule has 172 valence electrons. The first-order valence-electron chi connectivity index (χ1n) is 11.2. The van der Waals surface area contributed by atoms with Gasteiger partial charge in [0.15, 0.2) is 5.11 Å². The largest absolute Gasteiger partial charge is 0.352 e. The smallest absolute Gasteiger partial charge is 0.171 e. The van der Waals surface area contributed by atoms with E-state index in [1.165, 1.54) is 22.3 Å². The van der Waals surface area contributed by atoms with E-state index in [4.69, 9.17) is 35.4 Å². The van der Waals surface area contributed by atoms with E-state index in [0.29, 0.717) is 5.11 Å². The van der Waals surface area contributed by atoms with E-state index in [1.807, 2.05) is 36.4 Å². The molecule has 0 fully saturated rings. The van der Waals surface area contributed by atoms with Crippen LogP contribution in [0.5, 0.6) is 0 Å². The number of nitrogens with one attached hydrogen (secondary N) is 2. The number of rotatable bonds is 4. The van der Waals surface area contributed by atoms with Crippen LogP contribution in [0.4, 0.5) is 0 Å². The molecule has 0 amide bonds. The van der Waals surface area contributed by atoms with E-state index in [9.17, 15) is 0 Å². The number of halogens is 2. The molecule has 1 unspecified atom stereocenters. The van der Waals surface area contributed by atoms with Crippen LogP contribution in [-0.4, -0.2) is 23.1 Å². The van der Waals surface area contributed by atoms with Gasteiger partial charge in [-0.15, -0.1) is 0 Å². The second-order valence-electron chi connectivity index (χ2n) is 8.84. The van der Waals surface area contributed by atoms with Crippen molar-refractivity contribution in [3.63, 3.8) is 0 Å². The van der Waals surface area contributed by atoms with E-state index in [-0.39, 0.29) is 6.04 Å². The maximum Gasteiger partial charge on any atom is 0.171 e. The summed E-state index contributed by atoms with van der Waals surface area (Å²) in [4.78, 5) is 2.48. The van der Waals surface area contributed by atoms with Gasteiger partial charge in [0, 0.05) is 35.4 Å². The third kappa shape index (κ3) is 5.21. The zero-order chi connectivity index (χ0) is 23.7. The normalized spacial score (nSPS) is 19.6. The molecule has 2 heterocycles. The predicted octanol–water partition coefficient (Wildman–Crippen LogP) is 6.67. The number of hydrogen-bond acceptors (Lipinski definition) is 2. The summed E-state index contributed by atoms with van der Waals surface area (Å²) in [6.07, 6.45) is 2.23. The summed E-state index contributed by atoms with van der Waals surface area (Å²) < 4.78 is 0. The predicted molar refractivity (Wildman–Crippen MR) is 146 cm³/mol. The molecule has 34 heavy (non-hydrogen) atoms. The zero-order valence-electron chi connectivity index (χ0n) is 18.8. The lowest BCUT2D eigenvalue weighted by molar-refractivity contribution is 0.292. The Bertz CT molecular complexity index is 1260. The molecule has 0 spiro atoms. The molecule has 0 aliphatic carbocycles. The molecule has 0 aromatic heterocycles. The first-order valence-corrected chi connectivity index (χ1v) is 12.4. The van der Waals surface area contributed by atoms with Gasteiger partial charge in [-0.05, 0) is 77.3 Å². The average Bonchev–Trinajstić information content (AvgIpc) is 2.83.